The lowest BCUT2D eigenvalue weighted by atomic mass is 10.0. The van der Waals surface area contributed by atoms with Crippen LogP contribution in [-0.4, -0.2) is 13.1 Å². The zero-order valence-corrected chi connectivity index (χ0v) is 17.0. The number of hydrogen-bond donors (Lipinski definition) is 0. The van der Waals surface area contributed by atoms with Crippen molar-refractivity contribution < 1.29 is 14.3 Å². The van der Waals surface area contributed by atoms with E-state index in [2.05, 4.69) is 36.4 Å². The molecule has 0 aromatic heterocycles. The molecule has 0 aliphatic heterocycles. The molecule has 0 aliphatic carbocycles. The van der Waals surface area contributed by atoms with E-state index < -0.39 is 5.97 Å². The van der Waals surface area contributed by atoms with E-state index in [1.165, 1.54) is 10.8 Å². The van der Waals surface area contributed by atoms with Crippen LogP contribution in [0.4, 0.5) is 0 Å². The standard InChI is InChI=1S/C27H22O3/c1-19-7-5-11-23(17-19)27(28)30-25-16-14-20(18-26(25)29-2)13-15-22-10-6-9-21-8-3-4-12-24(21)22/h3-18H,1-2H3. The van der Waals surface area contributed by atoms with Crippen molar-refractivity contribution in [3.8, 4) is 11.5 Å². The van der Waals surface area contributed by atoms with Gasteiger partial charge >= 0.3 is 5.97 Å². The fourth-order valence-corrected chi connectivity index (χ4v) is 3.38. The summed E-state index contributed by atoms with van der Waals surface area (Å²) in [6, 6.07) is 27.4. The first-order valence-electron chi connectivity index (χ1n) is 9.77. The zero-order valence-electron chi connectivity index (χ0n) is 17.0. The second kappa shape index (κ2) is 8.66. The molecular formula is C27H22O3. The second-order valence-corrected chi connectivity index (χ2v) is 7.07. The molecule has 0 spiro atoms. The average Bonchev–Trinajstić information content (AvgIpc) is 2.78. The summed E-state index contributed by atoms with van der Waals surface area (Å²) in [5.41, 5.74) is 3.61. The number of ether oxygens (including phenoxy) is 2. The van der Waals surface area contributed by atoms with Gasteiger partial charge in [-0.2, -0.15) is 0 Å². The van der Waals surface area contributed by atoms with E-state index >= 15 is 0 Å². The highest BCUT2D eigenvalue weighted by atomic mass is 16.6. The van der Waals surface area contributed by atoms with Crippen LogP contribution in [0.3, 0.4) is 0 Å². The first-order valence-corrected chi connectivity index (χ1v) is 9.77. The largest absolute Gasteiger partial charge is 0.493 e. The second-order valence-electron chi connectivity index (χ2n) is 7.07. The molecule has 0 atom stereocenters. The number of aryl methyl sites for hydroxylation is 1. The number of hydrogen-bond acceptors (Lipinski definition) is 3. The molecule has 0 unspecified atom stereocenters. The van der Waals surface area contributed by atoms with Crippen LogP contribution in [0.1, 0.15) is 27.0 Å². The molecule has 0 N–H and O–H groups in total. The van der Waals surface area contributed by atoms with Crippen LogP contribution in [0.25, 0.3) is 22.9 Å². The minimum atomic E-state index is -0.406. The predicted molar refractivity (Wildman–Crippen MR) is 122 cm³/mol. The lowest BCUT2D eigenvalue weighted by Crippen LogP contribution is -2.09. The molecule has 0 saturated heterocycles. The van der Waals surface area contributed by atoms with Gasteiger partial charge in [-0.3, -0.25) is 0 Å². The van der Waals surface area contributed by atoms with Gasteiger partial charge in [-0.05, 0) is 53.1 Å². The van der Waals surface area contributed by atoms with E-state index in [4.69, 9.17) is 9.47 Å². The highest BCUT2D eigenvalue weighted by Crippen LogP contribution is 2.30. The van der Waals surface area contributed by atoms with Gasteiger partial charge < -0.3 is 9.47 Å². The third kappa shape index (κ3) is 4.26. The van der Waals surface area contributed by atoms with Gasteiger partial charge in [0.2, 0.25) is 0 Å². The van der Waals surface area contributed by atoms with Crippen molar-refractivity contribution in [1.82, 2.24) is 0 Å². The highest BCUT2D eigenvalue weighted by Gasteiger charge is 2.12. The maximum absolute atomic E-state index is 12.5. The molecule has 0 radical (unpaired) electrons. The average molecular weight is 394 g/mol. The molecule has 30 heavy (non-hydrogen) atoms. The number of carbonyl (C=O) groups is 1. The number of benzene rings is 4. The Labute approximate surface area is 176 Å². The first-order chi connectivity index (χ1) is 14.6. The fraction of sp³-hybridized carbons (Fsp3) is 0.0741. The molecular weight excluding hydrogens is 372 g/mol. The minimum absolute atomic E-state index is 0.395. The van der Waals surface area contributed by atoms with Crippen molar-refractivity contribution in [2.75, 3.05) is 7.11 Å². The fourth-order valence-electron chi connectivity index (χ4n) is 3.38. The molecule has 0 amide bonds. The van der Waals surface area contributed by atoms with Crippen molar-refractivity contribution in [2.45, 2.75) is 6.92 Å². The predicted octanol–water partition coefficient (Wildman–Crippen LogP) is 6.55. The maximum atomic E-state index is 12.5. The number of rotatable bonds is 5. The van der Waals surface area contributed by atoms with Gasteiger partial charge in [0.15, 0.2) is 11.5 Å². The first kappa shape index (κ1) is 19.5. The van der Waals surface area contributed by atoms with E-state index in [1.54, 1.807) is 25.3 Å². The number of fused-ring (bicyclic) bond motifs is 1. The maximum Gasteiger partial charge on any atom is 0.343 e. The van der Waals surface area contributed by atoms with Crippen LogP contribution < -0.4 is 9.47 Å². The Morgan fingerprint density at radius 3 is 2.43 bits per heavy atom. The van der Waals surface area contributed by atoms with E-state index in [0.29, 0.717) is 17.1 Å². The number of methoxy groups -OCH3 is 1. The van der Waals surface area contributed by atoms with Crippen LogP contribution in [0.15, 0.2) is 84.9 Å². The van der Waals surface area contributed by atoms with Crippen molar-refractivity contribution in [1.29, 1.82) is 0 Å². The summed E-state index contributed by atoms with van der Waals surface area (Å²) < 4.78 is 11.0. The normalized spacial score (nSPS) is 11.0. The Kier molecular flexibility index (Phi) is 5.62. The third-order valence-electron chi connectivity index (χ3n) is 4.92. The van der Waals surface area contributed by atoms with Gasteiger partial charge in [-0.1, -0.05) is 78.4 Å². The Balaban J connectivity index is 1.57. The quantitative estimate of drug-likeness (QED) is 0.219. The summed E-state index contributed by atoms with van der Waals surface area (Å²) in [4.78, 5) is 12.5. The van der Waals surface area contributed by atoms with Gasteiger partial charge in [-0.15, -0.1) is 0 Å². The molecule has 4 aromatic rings. The summed E-state index contributed by atoms with van der Waals surface area (Å²) in [7, 11) is 1.57. The topological polar surface area (TPSA) is 35.5 Å². The van der Waals surface area contributed by atoms with E-state index in [9.17, 15) is 4.79 Å². The molecule has 3 nitrogen and oxygen atoms in total. The molecule has 4 aromatic carbocycles. The van der Waals surface area contributed by atoms with Gasteiger partial charge in [0.05, 0.1) is 12.7 Å². The summed E-state index contributed by atoms with van der Waals surface area (Å²) >= 11 is 0. The molecule has 0 bridgehead atoms. The van der Waals surface area contributed by atoms with Crippen LogP contribution in [0, 0.1) is 6.92 Å². The molecule has 3 heteroatoms. The molecule has 0 heterocycles. The zero-order chi connectivity index (χ0) is 20.9. The van der Waals surface area contributed by atoms with Crippen molar-refractivity contribution in [3.63, 3.8) is 0 Å². The SMILES string of the molecule is COc1cc(C=Cc2cccc3ccccc23)ccc1OC(=O)c1cccc(C)c1. The molecule has 0 saturated carbocycles. The Bertz CT molecular complexity index is 1230. The van der Waals surface area contributed by atoms with Crippen LogP contribution >= 0.6 is 0 Å². The lowest BCUT2D eigenvalue weighted by Gasteiger charge is -2.10. The molecule has 148 valence electrons. The van der Waals surface area contributed by atoms with E-state index in [1.807, 2.05) is 49.4 Å². The Hall–Kier alpha value is -3.85. The number of carbonyl (C=O) groups excluding carboxylic acids is 1. The lowest BCUT2D eigenvalue weighted by molar-refractivity contribution is 0.0729. The minimum Gasteiger partial charge on any atom is -0.493 e. The number of esters is 1. The smallest absolute Gasteiger partial charge is 0.343 e. The van der Waals surface area contributed by atoms with Crippen molar-refractivity contribution in [2.24, 2.45) is 0 Å². The van der Waals surface area contributed by atoms with Gasteiger partial charge in [-0.25, -0.2) is 4.79 Å². The monoisotopic (exact) mass is 394 g/mol. The van der Waals surface area contributed by atoms with Gasteiger partial charge in [0, 0.05) is 0 Å². The summed E-state index contributed by atoms with van der Waals surface area (Å²) in [5.74, 6) is 0.499. The molecule has 0 aliphatic rings. The van der Waals surface area contributed by atoms with Gasteiger partial charge in [0.1, 0.15) is 0 Å². The van der Waals surface area contributed by atoms with Crippen LogP contribution in [0.2, 0.25) is 0 Å². The molecule has 0 fully saturated rings. The van der Waals surface area contributed by atoms with Crippen LogP contribution in [0.5, 0.6) is 11.5 Å². The van der Waals surface area contributed by atoms with E-state index in [0.717, 1.165) is 16.7 Å². The Morgan fingerprint density at radius 2 is 1.60 bits per heavy atom. The summed E-state index contributed by atoms with van der Waals surface area (Å²) in [6.07, 6.45) is 4.10. The Morgan fingerprint density at radius 1 is 0.800 bits per heavy atom. The van der Waals surface area contributed by atoms with Crippen molar-refractivity contribution in [3.05, 3.63) is 107 Å². The highest BCUT2D eigenvalue weighted by molar-refractivity contribution is 5.93. The third-order valence-corrected chi connectivity index (χ3v) is 4.92. The van der Waals surface area contributed by atoms with E-state index in [-0.39, 0.29) is 0 Å². The summed E-state index contributed by atoms with van der Waals surface area (Å²) in [6.45, 7) is 1.94. The summed E-state index contributed by atoms with van der Waals surface area (Å²) in [5, 5.41) is 2.41. The van der Waals surface area contributed by atoms with Crippen molar-refractivity contribution >= 4 is 28.9 Å². The van der Waals surface area contributed by atoms with Crippen LogP contribution in [-0.2, 0) is 0 Å². The van der Waals surface area contributed by atoms with Gasteiger partial charge in [0.25, 0.3) is 0 Å². The molecule has 4 rings (SSSR count).